The summed E-state index contributed by atoms with van der Waals surface area (Å²) in [5, 5.41) is 5.58. The Morgan fingerprint density at radius 3 is 3.04 bits per heavy atom. The molecule has 4 nitrogen and oxygen atoms in total. The maximum Gasteiger partial charge on any atom is 0.141 e. The van der Waals surface area contributed by atoms with Crippen molar-refractivity contribution in [3.05, 3.63) is 46.2 Å². The number of likely N-dealkylation sites (tertiary alicyclic amines) is 1. The van der Waals surface area contributed by atoms with Crippen LogP contribution >= 0.6 is 11.3 Å². The number of nitrogens with one attached hydrogen (secondary N) is 1. The summed E-state index contributed by atoms with van der Waals surface area (Å²) in [5.41, 5.74) is 9.75. The van der Waals surface area contributed by atoms with Crippen LogP contribution in [0.5, 0.6) is 0 Å². The third-order valence-corrected chi connectivity index (χ3v) is 5.86. The molecule has 5 heteroatoms. The fourth-order valence-electron chi connectivity index (χ4n) is 3.75. The predicted octanol–water partition coefficient (Wildman–Crippen LogP) is 3.25. The smallest absolute Gasteiger partial charge is 0.141 e. The lowest BCUT2D eigenvalue weighted by Crippen LogP contribution is -2.19. The standard InChI is InChI=1S/C18H22N4S/c1-22-7-6-12(11-22)15-10-20-16-5-4-13(9-14(15)16)21-18(19)17-3-2-8-23-17/h2-5,8-9,12,15,20H,6-7,10-11H2,1H3,(H2,19,21). The summed E-state index contributed by atoms with van der Waals surface area (Å²) in [4.78, 5) is 8.08. The minimum Gasteiger partial charge on any atom is -0.384 e. The number of benzene rings is 1. The van der Waals surface area contributed by atoms with Crippen molar-refractivity contribution in [2.45, 2.75) is 12.3 Å². The average molecular weight is 326 g/mol. The van der Waals surface area contributed by atoms with E-state index in [4.69, 9.17) is 5.73 Å². The number of aliphatic imine (C=N–C) groups is 1. The van der Waals surface area contributed by atoms with Gasteiger partial charge in [0.25, 0.3) is 0 Å². The van der Waals surface area contributed by atoms with Crippen molar-refractivity contribution >= 4 is 28.5 Å². The summed E-state index contributed by atoms with van der Waals surface area (Å²) in [6.07, 6.45) is 1.28. The fourth-order valence-corrected chi connectivity index (χ4v) is 4.38. The first-order valence-electron chi connectivity index (χ1n) is 8.15. The summed E-state index contributed by atoms with van der Waals surface area (Å²) in [6, 6.07) is 10.4. The molecule has 2 aliphatic heterocycles. The number of fused-ring (bicyclic) bond motifs is 1. The molecule has 23 heavy (non-hydrogen) atoms. The van der Waals surface area contributed by atoms with Gasteiger partial charge in [0.2, 0.25) is 0 Å². The monoisotopic (exact) mass is 326 g/mol. The van der Waals surface area contributed by atoms with Gasteiger partial charge in [-0.05, 0) is 61.1 Å². The third kappa shape index (κ3) is 2.86. The molecular formula is C18H22N4S. The molecule has 3 N–H and O–H groups in total. The molecule has 0 amide bonds. The van der Waals surface area contributed by atoms with E-state index in [9.17, 15) is 0 Å². The van der Waals surface area contributed by atoms with Crippen molar-refractivity contribution in [3.63, 3.8) is 0 Å². The van der Waals surface area contributed by atoms with Gasteiger partial charge in [0, 0.05) is 24.7 Å². The van der Waals surface area contributed by atoms with Crippen LogP contribution in [0.3, 0.4) is 0 Å². The van der Waals surface area contributed by atoms with Gasteiger partial charge in [-0.25, -0.2) is 4.99 Å². The molecule has 0 bridgehead atoms. The summed E-state index contributed by atoms with van der Waals surface area (Å²) in [7, 11) is 2.21. The predicted molar refractivity (Wildman–Crippen MR) is 98.0 cm³/mol. The van der Waals surface area contributed by atoms with Gasteiger partial charge in [-0.3, -0.25) is 0 Å². The Bertz CT molecular complexity index is 723. The van der Waals surface area contributed by atoms with Crippen molar-refractivity contribution in [1.82, 2.24) is 4.90 Å². The molecule has 0 aliphatic carbocycles. The first-order valence-corrected chi connectivity index (χ1v) is 9.03. The van der Waals surface area contributed by atoms with Gasteiger partial charge in [0.1, 0.15) is 5.84 Å². The number of anilines is 1. The van der Waals surface area contributed by atoms with E-state index >= 15 is 0 Å². The Morgan fingerprint density at radius 1 is 1.39 bits per heavy atom. The minimum absolute atomic E-state index is 0.591. The van der Waals surface area contributed by atoms with Crippen LogP contribution in [-0.2, 0) is 0 Å². The molecule has 4 rings (SSSR count). The number of hydrogen-bond donors (Lipinski definition) is 2. The van der Waals surface area contributed by atoms with E-state index in [0.29, 0.717) is 11.8 Å². The van der Waals surface area contributed by atoms with Gasteiger partial charge < -0.3 is 16.0 Å². The van der Waals surface area contributed by atoms with Crippen molar-refractivity contribution in [2.75, 3.05) is 32.0 Å². The first kappa shape index (κ1) is 14.7. The quantitative estimate of drug-likeness (QED) is 0.672. The van der Waals surface area contributed by atoms with Crippen LogP contribution in [0.4, 0.5) is 11.4 Å². The second-order valence-electron chi connectivity index (χ2n) is 6.54. The molecule has 2 unspecified atom stereocenters. The Morgan fingerprint density at radius 2 is 2.30 bits per heavy atom. The van der Waals surface area contributed by atoms with E-state index in [0.717, 1.165) is 23.0 Å². The van der Waals surface area contributed by atoms with Crippen molar-refractivity contribution in [3.8, 4) is 0 Å². The van der Waals surface area contributed by atoms with Gasteiger partial charge in [0.05, 0.1) is 10.6 Å². The second-order valence-corrected chi connectivity index (χ2v) is 7.49. The molecule has 1 aromatic heterocycles. The zero-order valence-corrected chi connectivity index (χ0v) is 14.1. The van der Waals surface area contributed by atoms with Gasteiger partial charge in [-0.1, -0.05) is 6.07 Å². The summed E-state index contributed by atoms with van der Waals surface area (Å²) in [5.74, 6) is 1.93. The Balaban J connectivity index is 1.61. The molecule has 1 aromatic carbocycles. The van der Waals surface area contributed by atoms with E-state index in [2.05, 4.69) is 40.5 Å². The zero-order valence-electron chi connectivity index (χ0n) is 13.3. The number of thiophene rings is 1. The number of amidine groups is 1. The maximum atomic E-state index is 6.13. The number of nitrogens with zero attached hydrogens (tertiary/aromatic N) is 2. The summed E-state index contributed by atoms with van der Waals surface area (Å²) >= 11 is 1.62. The topological polar surface area (TPSA) is 53.6 Å². The highest BCUT2D eigenvalue weighted by Crippen LogP contribution is 2.41. The molecular weight excluding hydrogens is 304 g/mol. The molecule has 1 fully saturated rings. The lowest BCUT2D eigenvalue weighted by atomic mass is 9.87. The highest BCUT2D eigenvalue weighted by atomic mass is 32.1. The average Bonchev–Trinajstić information content (AvgIpc) is 3.26. The molecule has 3 heterocycles. The zero-order chi connectivity index (χ0) is 15.8. The van der Waals surface area contributed by atoms with Crippen LogP contribution in [0.1, 0.15) is 22.8 Å². The molecule has 1 saturated heterocycles. The van der Waals surface area contributed by atoms with Crippen molar-refractivity contribution in [1.29, 1.82) is 0 Å². The molecule has 0 saturated carbocycles. The van der Waals surface area contributed by atoms with E-state index in [1.807, 2.05) is 17.5 Å². The number of rotatable bonds is 3. The van der Waals surface area contributed by atoms with E-state index in [1.165, 1.54) is 30.8 Å². The van der Waals surface area contributed by atoms with Gasteiger partial charge in [-0.15, -0.1) is 11.3 Å². The second kappa shape index (κ2) is 5.98. The molecule has 2 aromatic rings. The van der Waals surface area contributed by atoms with Crippen LogP contribution in [0.15, 0.2) is 40.7 Å². The first-order chi connectivity index (χ1) is 11.2. The molecule has 120 valence electrons. The van der Waals surface area contributed by atoms with Gasteiger partial charge in [0.15, 0.2) is 0 Å². The highest BCUT2D eigenvalue weighted by molar-refractivity contribution is 7.12. The van der Waals surface area contributed by atoms with Crippen LogP contribution in [0.2, 0.25) is 0 Å². The van der Waals surface area contributed by atoms with Crippen LogP contribution < -0.4 is 11.1 Å². The van der Waals surface area contributed by atoms with Gasteiger partial charge in [-0.2, -0.15) is 0 Å². The Hall–Kier alpha value is -1.85. The van der Waals surface area contributed by atoms with Crippen LogP contribution in [-0.4, -0.2) is 37.4 Å². The maximum absolute atomic E-state index is 6.13. The minimum atomic E-state index is 0.591. The lowest BCUT2D eigenvalue weighted by molar-refractivity contribution is 0.377. The molecule has 2 aliphatic rings. The molecule has 2 atom stereocenters. The SMILES string of the molecule is CN1CCC(C2CNc3ccc(N=C(N)c4cccs4)cc32)C1. The van der Waals surface area contributed by atoms with E-state index in [-0.39, 0.29) is 0 Å². The molecule has 0 radical (unpaired) electrons. The van der Waals surface area contributed by atoms with E-state index < -0.39 is 0 Å². The normalized spacial score (nSPS) is 24.7. The highest BCUT2D eigenvalue weighted by Gasteiger charge is 2.33. The third-order valence-electron chi connectivity index (χ3n) is 4.97. The number of hydrogen-bond acceptors (Lipinski definition) is 4. The van der Waals surface area contributed by atoms with Gasteiger partial charge >= 0.3 is 0 Å². The van der Waals surface area contributed by atoms with Crippen LogP contribution in [0, 0.1) is 5.92 Å². The summed E-state index contributed by atoms with van der Waals surface area (Å²) in [6.45, 7) is 3.44. The Kier molecular flexibility index (Phi) is 3.83. The van der Waals surface area contributed by atoms with Crippen LogP contribution in [0.25, 0.3) is 0 Å². The summed E-state index contributed by atoms with van der Waals surface area (Å²) < 4.78 is 0. The lowest BCUT2D eigenvalue weighted by Gasteiger charge is -2.18. The largest absolute Gasteiger partial charge is 0.384 e. The van der Waals surface area contributed by atoms with Crippen molar-refractivity contribution < 1.29 is 0 Å². The van der Waals surface area contributed by atoms with E-state index in [1.54, 1.807) is 11.3 Å². The number of nitrogens with two attached hydrogens (primary N) is 1. The Labute approximate surface area is 141 Å². The van der Waals surface area contributed by atoms with Crippen molar-refractivity contribution in [2.24, 2.45) is 16.6 Å². The fraction of sp³-hybridized carbons (Fsp3) is 0.389. The molecule has 0 spiro atoms.